The number of nitrogens with one attached hydrogen (secondary N) is 1. The summed E-state index contributed by atoms with van der Waals surface area (Å²) in [6.45, 7) is 0. The van der Waals surface area contributed by atoms with Gasteiger partial charge in [0.05, 0.1) is 11.4 Å². The average molecular weight is 254 g/mol. The van der Waals surface area contributed by atoms with Crippen molar-refractivity contribution in [3.8, 4) is 0 Å². The molecule has 2 aromatic heterocycles. The molecule has 0 aliphatic rings. The third kappa shape index (κ3) is 2.18. The third-order valence-electron chi connectivity index (χ3n) is 2.78. The number of nitrogen functional groups attached to an aromatic ring is 1. The molecule has 3 rings (SSSR count). The molecule has 4 nitrogen and oxygen atoms in total. The van der Waals surface area contributed by atoms with Gasteiger partial charge in [-0.25, -0.2) is 4.39 Å². The normalized spacial score (nSPS) is 11.4. The van der Waals surface area contributed by atoms with Gasteiger partial charge in [0.15, 0.2) is 5.82 Å². The minimum Gasteiger partial charge on any atom is -0.399 e. The summed E-state index contributed by atoms with van der Waals surface area (Å²) in [5.41, 5.74) is 7.81. The molecule has 0 atom stereocenters. The summed E-state index contributed by atoms with van der Waals surface area (Å²) in [6, 6.07) is 8.58. The fraction of sp³-hybridized carbons (Fsp3) is 0. The van der Waals surface area contributed by atoms with E-state index in [0.29, 0.717) is 22.3 Å². The molecule has 94 valence electrons. The summed E-state index contributed by atoms with van der Waals surface area (Å²) in [5, 5.41) is 7.40. The highest BCUT2D eigenvalue weighted by Crippen LogP contribution is 2.23. The fourth-order valence-corrected chi connectivity index (χ4v) is 1.89. The minimum absolute atomic E-state index is 0.356. The molecule has 19 heavy (non-hydrogen) atoms. The summed E-state index contributed by atoms with van der Waals surface area (Å²) in [4.78, 5) is 4.17. The molecule has 0 aliphatic heterocycles. The van der Waals surface area contributed by atoms with Gasteiger partial charge in [-0.05, 0) is 36.4 Å². The molecule has 0 aliphatic carbocycles. The van der Waals surface area contributed by atoms with Gasteiger partial charge in [-0.2, -0.15) is 5.10 Å². The Morgan fingerprint density at radius 1 is 1.21 bits per heavy atom. The molecular weight excluding hydrogens is 243 g/mol. The predicted molar refractivity (Wildman–Crippen MR) is 73.6 cm³/mol. The summed E-state index contributed by atoms with van der Waals surface area (Å²) < 4.78 is 13.6. The van der Waals surface area contributed by atoms with Crippen LogP contribution in [0.25, 0.3) is 23.1 Å². The second-order valence-corrected chi connectivity index (χ2v) is 4.12. The van der Waals surface area contributed by atoms with Crippen LogP contribution >= 0.6 is 0 Å². The maximum absolute atomic E-state index is 13.6. The van der Waals surface area contributed by atoms with Crippen molar-refractivity contribution in [2.45, 2.75) is 0 Å². The van der Waals surface area contributed by atoms with E-state index < -0.39 is 5.82 Å². The highest BCUT2D eigenvalue weighted by Gasteiger charge is 2.08. The third-order valence-corrected chi connectivity index (χ3v) is 2.78. The minimum atomic E-state index is -0.403. The Balaban J connectivity index is 2.04. The van der Waals surface area contributed by atoms with Crippen molar-refractivity contribution >= 4 is 28.7 Å². The van der Waals surface area contributed by atoms with Gasteiger partial charge in [-0.15, -0.1) is 0 Å². The fourth-order valence-electron chi connectivity index (χ4n) is 1.89. The zero-order valence-electron chi connectivity index (χ0n) is 9.97. The molecular formula is C14H11FN4. The van der Waals surface area contributed by atoms with Crippen LogP contribution in [0.4, 0.5) is 10.1 Å². The van der Waals surface area contributed by atoms with Crippen LogP contribution in [0.5, 0.6) is 0 Å². The van der Waals surface area contributed by atoms with Crippen LogP contribution < -0.4 is 5.73 Å². The van der Waals surface area contributed by atoms with Crippen LogP contribution in [0, 0.1) is 5.82 Å². The number of nitrogens with two attached hydrogens (primary N) is 1. The number of rotatable bonds is 2. The van der Waals surface area contributed by atoms with E-state index in [-0.39, 0.29) is 0 Å². The van der Waals surface area contributed by atoms with Gasteiger partial charge >= 0.3 is 0 Å². The first-order valence-corrected chi connectivity index (χ1v) is 5.76. The molecule has 1 aromatic carbocycles. The largest absolute Gasteiger partial charge is 0.399 e. The van der Waals surface area contributed by atoms with Gasteiger partial charge in [-0.1, -0.05) is 6.07 Å². The van der Waals surface area contributed by atoms with Crippen LogP contribution in [-0.4, -0.2) is 15.2 Å². The lowest BCUT2D eigenvalue weighted by Crippen LogP contribution is -1.87. The maximum Gasteiger partial charge on any atom is 0.150 e. The second kappa shape index (κ2) is 4.53. The van der Waals surface area contributed by atoms with Crippen molar-refractivity contribution in [2.24, 2.45) is 0 Å². The molecule has 0 unspecified atom stereocenters. The Morgan fingerprint density at radius 3 is 2.89 bits per heavy atom. The lowest BCUT2D eigenvalue weighted by atomic mass is 10.1. The number of hydrogen-bond donors (Lipinski definition) is 2. The number of aromatic amines is 1. The number of benzene rings is 1. The van der Waals surface area contributed by atoms with Crippen molar-refractivity contribution in [3.05, 3.63) is 53.7 Å². The molecule has 0 saturated carbocycles. The zero-order valence-corrected chi connectivity index (χ0v) is 9.97. The number of aromatic nitrogens is 3. The first-order valence-electron chi connectivity index (χ1n) is 5.76. The summed E-state index contributed by atoms with van der Waals surface area (Å²) in [7, 11) is 0. The Morgan fingerprint density at radius 2 is 2.11 bits per heavy atom. The van der Waals surface area contributed by atoms with Gasteiger partial charge in [0.1, 0.15) is 5.52 Å². The van der Waals surface area contributed by atoms with Crippen LogP contribution in [0.1, 0.15) is 11.4 Å². The van der Waals surface area contributed by atoms with Crippen molar-refractivity contribution in [2.75, 3.05) is 5.73 Å². The van der Waals surface area contributed by atoms with E-state index in [2.05, 4.69) is 15.2 Å². The Hall–Kier alpha value is -2.69. The number of H-pyrrole nitrogens is 1. The van der Waals surface area contributed by atoms with E-state index in [1.807, 2.05) is 24.3 Å². The van der Waals surface area contributed by atoms with E-state index >= 15 is 0 Å². The number of halogens is 1. The molecule has 0 bridgehead atoms. The van der Waals surface area contributed by atoms with Gasteiger partial charge in [0, 0.05) is 17.3 Å². The second-order valence-electron chi connectivity index (χ2n) is 4.12. The summed E-state index contributed by atoms with van der Waals surface area (Å²) >= 11 is 0. The number of hydrogen-bond acceptors (Lipinski definition) is 3. The van der Waals surface area contributed by atoms with Crippen LogP contribution in [-0.2, 0) is 0 Å². The Kier molecular flexibility index (Phi) is 2.72. The van der Waals surface area contributed by atoms with Crippen molar-refractivity contribution in [1.29, 1.82) is 0 Å². The van der Waals surface area contributed by atoms with E-state index in [1.165, 1.54) is 6.07 Å². The smallest absolute Gasteiger partial charge is 0.150 e. The standard InChI is InChI=1S/C14H11FN4/c15-12-8-9(16)7-11-13(18-19-14(11)12)5-4-10-3-1-2-6-17-10/h1-8H,16H2,(H,18,19). The molecule has 5 heteroatoms. The SMILES string of the molecule is Nc1cc(F)c2[nH]nc(C=Cc3ccccn3)c2c1. The average Bonchev–Trinajstić information content (AvgIpc) is 2.81. The van der Waals surface area contributed by atoms with Crippen molar-refractivity contribution in [3.63, 3.8) is 0 Å². The molecule has 0 amide bonds. The molecule has 0 radical (unpaired) electrons. The molecule has 0 spiro atoms. The highest BCUT2D eigenvalue weighted by molar-refractivity contribution is 5.91. The highest BCUT2D eigenvalue weighted by atomic mass is 19.1. The van der Waals surface area contributed by atoms with Crippen LogP contribution in [0.2, 0.25) is 0 Å². The van der Waals surface area contributed by atoms with Crippen LogP contribution in [0.3, 0.4) is 0 Å². The molecule has 0 fully saturated rings. The van der Waals surface area contributed by atoms with Gasteiger partial charge in [-0.3, -0.25) is 10.1 Å². The number of pyridine rings is 1. The van der Waals surface area contributed by atoms with E-state index in [9.17, 15) is 4.39 Å². The van der Waals surface area contributed by atoms with Gasteiger partial charge in [0.2, 0.25) is 0 Å². The molecule has 0 saturated heterocycles. The van der Waals surface area contributed by atoms with Crippen molar-refractivity contribution < 1.29 is 4.39 Å². The van der Waals surface area contributed by atoms with E-state index in [4.69, 9.17) is 5.73 Å². The lowest BCUT2D eigenvalue weighted by Gasteiger charge is -1.96. The first kappa shape index (κ1) is 11.4. The van der Waals surface area contributed by atoms with Gasteiger partial charge < -0.3 is 5.73 Å². The number of nitrogens with zero attached hydrogens (tertiary/aromatic N) is 2. The predicted octanol–water partition coefficient (Wildman–Crippen LogP) is 2.85. The van der Waals surface area contributed by atoms with Crippen LogP contribution in [0.15, 0.2) is 36.5 Å². The number of fused-ring (bicyclic) bond motifs is 1. The maximum atomic E-state index is 13.6. The van der Waals surface area contributed by atoms with Gasteiger partial charge in [0.25, 0.3) is 0 Å². The topological polar surface area (TPSA) is 67.6 Å². The zero-order chi connectivity index (χ0) is 13.2. The number of anilines is 1. The molecule has 3 aromatic rings. The summed E-state index contributed by atoms with van der Waals surface area (Å²) in [5.74, 6) is -0.403. The quantitative estimate of drug-likeness (QED) is 0.691. The molecule has 3 N–H and O–H groups in total. The lowest BCUT2D eigenvalue weighted by molar-refractivity contribution is 0.637. The Bertz CT molecular complexity index is 747. The monoisotopic (exact) mass is 254 g/mol. The first-order chi connectivity index (χ1) is 9.24. The summed E-state index contributed by atoms with van der Waals surface area (Å²) in [6.07, 6.45) is 5.30. The van der Waals surface area contributed by atoms with Crippen molar-refractivity contribution in [1.82, 2.24) is 15.2 Å². The Labute approximate surface area is 108 Å². The van der Waals surface area contributed by atoms with E-state index in [1.54, 1.807) is 18.3 Å². The van der Waals surface area contributed by atoms with E-state index in [0.717, 1.165) is 5.69 Å². The molecule has 2 heterocycles.